The summed E-state index contributed by atoms with van der Waals surface area (Å²) in [6.45, 7) is 0.436. The number of halogens is 4. The molecule has 0 aromatic carbocycles. The van der Waals surface area contributed by atoms with Gasteiger partial charge in [0.1, 0.15) is 4.60 Å². The Bertz CT molecular complexity index is 430. The van der Waals surface area contributed by atoms with Crippen molar-refractivity contribution < 1.29 is 13.2 Å². The van der Waals surface area contributed by atoms with Gasteiger partial charge < -0.3 is 0 Å². The van der Waals surface area contributed by atoms with E-state index in [0.29, 0.717) is 12.5 Å². The summed E-state index contributed by atoms with van der Waals surface area (Å²) in [6.07, 6.45) is -2.59. The van der Waals surface area contributed by atoms with Crippen molar-refractivity contribution in [3.8, 4) is 0 Å². The van der Waals surface area contributed by atoms with Crippen LogP contribution in [0.5, 0.6) is 0 Å². The molecule has 1 fully saturated rings. The van der Waals surface area contributed by atoms with E-state index in [9.17, 15) is 18.0 Å². The van der Waals surface area contributed by atoms with Crippen molar-refractivity contribution in [2.45, 2.75) is 25.6 Å². The fourth-order valence-corrected chi connectivity index (χ4v) is 2.02. The summed E-state index contributed by atoms with van der Waals surface area (Å²) in [4.78, 5) is 11.1. The van der Waals surface area contributed by atoms with Crippen molar-refractivity contribution in [2.24, 2.45) is 5.92 Å². The maximum absolute atomic E-state index is 12.4. The number of aromatic nitrogens is 2. The predicted octanol–water partition coefficient (Wildman–Crippen LogP) is 2.37. The van der Waals surface area contributed by atoms with E-state index in [2.05, 4.69) is 21.0 Å². The van der Waals surface area contributed by atoms with E-state index >= 15 is 0 Å². The number of rotatable bonds is 2. The molecule has 3 nitrogen and oxygen atoms in total. The molecular weight excluding hydrogens is 277 g/mol. The van der Waals surface area contributed by atoms with Crippen LogP contribution >= 0.6 is 15.9 Å². The number of nitrogens with zero attached hydrogens (tertiary/aromatic N) is 1. The molecule has 0 radical (unpaired) electrons. The molecule has 0 unspecified atom stereocenters. The van der Waals surface area contributed by atoms with E-state index in [1.165, 1.54) is 4.68 Å². The average Bonchev–Trinajstić information content (AvgIpc) is 2.79. The van der Waals surface area contributed by atoms with Gasteiger partial charge >= 0.3 is 6.18 Å². The lowest BCUT2D eigenvalue weighted by Gasteiger charge is -2.05. The molecule has 7 heteroatoms. The molecule has 1 heterocycles. The van der Waals surface area contributed by atoms with E-state index < -0.39 is 17.3 Å². The number of alkyl halides is 3. The largest absolute Gasteiger partial charge is 0.424 e. The fraction of sp³-hybridized carbons (Fsp3) is 0.625. The van der Waals surface area contributed by atoms with Gasteiger partial charge in [0.2, 0.25) is 0 Å². The Morgan fingerprint density at radius 1 is 1.47 bits per heavy atom. The molecule has 0 saturated heterocycles. The first-order valence-corrected chi connectivity index (χ1v) is 5.24. The molecule has 0 bridgehead atoms. The lowest BCUT2D eigenvalue weighted by molar-refractivity contribution is -0.139. The zero-order chi connectivity index (χ0) is 11.2. The van der Waals surface area contributed by atoms with Crippen molar-refractivity contribution in [1.29, 1.82) is 0 Å². The van der Waals surface area contributed by atoms with Gasteiger partial charge in [-0.2, -0.15) is 13.2 Å². The Labute approximate surface area is 91.4 Å². The van der Waals surface area contributed by atoms with Crippen LogP contribution in [0.3, 0.4) is 0 Å². The smallest absolute Gasteiger partial charge is 0.277 e. The van der Waals surface area contributed by atoms with E-state index in [1.54, 1.807) is 0 Å². The molecule has 1 aliphatic carbocycles. The van der Waals surface area contributed by atoms with Crippen molar-refractivity contribution in [3.05, 3.63) is 20.5 Å². The zero-order valence-electron chi connectivity index (χ0n) is 7.57. The molecule has 0 spiro atoms. The van der Waals surface area contributed by atoms with Gasteiger partial charge in [-0.05, 0) is 34.7 Å². The minimum absolute atomic E-state index is 0.202. The maximum Gasteiger partial charge on any atom is 0.424 e. The molecular formula is C8H8BrF3N2O. The monoisotopic (exact) mass is 284 g/mol. The van der Waals surface area contributed by atoms with Crippen LogP contribution in [0.4, 0.5) is 13.2 Å². The molecule has 1 aromatic heterocycles. The standard InChI is InChI=1S/C8H8BrF3N2O/c9-6-5(8(10,11)12)7(15)13-14(6)3-4-1-2-4/h4H,1-3H2,(H,13,15). The third-order valence-corrected chi connectivity index (χ3v) is 3.15. The summed E-state index contributed by atoms with van der Waals surface area (Å²) in [5, 5.41) is 2.19. The van der Waals surface area contributed by atoms with Gasteiger partial charge in [-0.25, -0.2) is 0 Å². The van der Waals surface area contributed by atoms with E-state index in [4.69, 9.17) is 0 Å². The van der Waals surface area contributed by atoms with E-state index in [0.717, 1.165) is 12.8 Å². The second-order valence-electron chi connectivity index (χ2n) is 3.66. The zero-order valence-corrected chi connectivity index (χ0v) is 9.15. The van der Waals surface area contributed by atoms with Gasteiger partial charge in [0.15, 0.2) is 5.56 Å². The predicted molar refractivity (Wildman–Crippen MR) is 50.5 cm³/mol. The summed E-state index contributed by atoms with van der Waals surface area (Å²) in [7, 11) is 0. The first kappa shape index (κ1) is 10.8. The third-order valence-electron chi connectivity index (χ3n) is 2.33. The van der Waals surface area contributed by atoms with Crippen molar-refractivity contribution >= 4 is 15.9 Å². The highest BCUT2D eigenvalue weighted by molar-refractivity contribution is 9.10. The molecule has 1 aliphatic rings. The van der Waals surface area contributed by atoms with Gasteiger partial charge in [-0.3, -0.25) is 14.6 Å². The highest BCUT2D eigenvalue weighted by Crippen LogP contribution is 2.35. The Kier molecular flexibility index (Phi) is 2.44. The summed E-state index contributed by atoms with van der Waals surface area (Å²) in [5.41, 5.74) is -2.24. The second-order valence-corrected chi connectivity index (χ2v) is 4.41. The SMILES string of the molecule is O=c1[nH]n(CC2CC2)c(Br)c1C(F)(F)F. The van der Waals surface area contributed by atoms with Crippen LogP contribution in [0.25, 0.3) is 0 Å². The molecule has 0 aliphatic heterocycles. The maximum atomic E-state index is 12.4. The number of nitrogens with one attached hydrogen (secondary N) is 1. The van der Waals surface area contributed by atoms with Crippen LogP contribution in [0, 0.1) is 5.92 Å². The molecule has 1 saturated carbocycles. The number of H-pyrrole nitrogens is 1. The van der Waals surface area contributed by atoms with Gasteiger partial charge in [-0.1, -0.05) is 0 Å². The number of aromatic amines is 1. The highest BCUT2D eigenvalue weighted by atomic mass is 79.9. The topological polar surface area (TPSA) is 37.8 Å². The third kappa shape index (κ3) is 2.11. The van der Waals surface area contributed by atoms with E-state index in [-0.39, 0.29) is 4.60 Å². The van der Waals surface area contributed by atoms with Crippen LogP contribution in [0.2, 0.25) is 0 Å². The molecule has 1 aromatic rings. The lowest BCUT2D eigenvalue weighted by Crippen LogP contribution is -2.16. The van der Waals surface area contributed by atoms with E-state index in [1.807, 2.05) is 0 Å². The average molecular weight is 285 g/mol. The van der Waals surface area contributed by atoms with Crippen LogP contribution in [0.15, 0.2) is 9.40 Å². The molecule has 84 valence electrons. The Hall–Kier alpha value is -0.720. The second kappa shape index (κ2) is 3.40. The summed E-state index contributed by atoms with van der Waals surface area (Å²) in [5.74, 6) is 0.394. The number of hydrogen-bond donors (Lipinski definition) is 1. The van der Waals surface area contributed by atoms with Crippen molar-refractivity contribution in [1.82, 2.24) is 9.78 Å². The molecule has 0 amide bonds. The van der Waals surface area contributed by atoms with Gasteiger partial charge in [0, 0.05) is 6.54 Å². The Morgan fingerprint density at radius 2 is 2.07 bits per heavy atom. The normalized spacial score (nSPS) is 17.1. The van der Waals surface area contributed by atoms with Crippen LogP contribution in [0.1, 0.15) is 18.4 Å². The van der Waals surface area contributed by atoms with Crippen LogP contribution < -0.4 is 5.56 Å². The minimum atomic E-state index is -4.61. The van der Waals surface area contributed by atoms with Crippen molar-refractivity contribution in [2.75, 3.05) is 0 Å². The summed E-state index contributed by atoms with van der Waals surface area (Å²) < 4.78 is 38.3. The molecule has 0 atom stereocenters. The highest BCUT2D eigenvalue weighted by Gasteiger charge is 2.39. The molecule has 15 heavy (non-hydrogen) atoms. The quantitative estimate of drug-likeness (QED) is 0.890. The Morgan fingerprint density at radius 3 is 2.47 bits per heavy atom. The number of hydrogen-bond acceptors (Lipinski definition) is 1. The Balaban J connectivity index is 2.38. The molecule has 2 rings (SSSR count). The first-order chi connectivity index (χ1) is 6.89. The lowest BCUT2D eigenvalue weighted by atomic mass is 10.3. The fourth-order valence-electron chi connectivity index (χ4n) is 1.39. The van der Waals surface area contributed by atoms with Crippen LogP contribution in [-0.2, 0) is 12.7 Å². The van der Waals surface area contributed by atoms with Crippen molar-refractivity contribution in [3.63, 3.8) is 0 Å². The van der Waals surface area contributed by atoms with Gasteiger partial charge in [0.25, 0.3) is 5.56 Å². The molecule has 1 N–H and O–H groups in total. The van der Waals surface area contributed by atoms with Gasteiger partial charge in [0.05, 0.1) is 0 Å². The van der Waals surface area contributed by atoms with Gasteiger partial charge in [-0.15, -0.1) is 0 Å². The summed E-state index contributed by atoms with van der Waals surface area (Å²) >= 11 is 2.81. The minimum Gasteiger partial charge on any atom is -0.277 e. The van der Waals surface area contributed by atoms with Crippen LogP contribution in [-0.4, -0.2) is 9.78 Å². The summed E-state index contributed by atoms with van der Waals surface area (Å²) in [6, 6.07) is 0. The first-order valence-electron chi connectivity index (χ1n) is 4.45.